The van der Waals surface area contributed by atoms with Crippen LogP contribution in [0.5, 0.6) is 0 Å². The monoisotopic (exact) mass is 394 g/mol. The van der Waals surface area contributed by atoms with Crippen LogP contribution in [0.4, 0.5) is 0 Å². The van der Waals surface area contributed by atoms with Crippen LogP contribution < -0.4 is 10.0 Å². The molecular weight excluding hydrogens is 368 g/mol. The number of furan rings is 1. The fraction of sp³-hybridized carbons (Fsp3) is 0.688. The third kappa shape index (κ3) is 6.29. The van der Waals surface area contributed by atoms with E-state index < -0.39 is 16.0 Å². The van der Waals surface area contributed by atoms with Crippen LogP contribution in [0.15, 0.2) is 15.4 Å². The van der Waals surface area contributed by atoms with Crippen molar-refractivity contribution in [1.29, 1.82) is 0 Å². The highest BCUT2D eigenvalue weighted by molar-refractivity contribution is 7.89. The van der Waals surface area contributed by atoms with Crippen molar-refractivity contribution < 1.29 is 22.4 Å². The first kappa shape index (κ1) is 22.0. The van der Waals surface area contributed by atoms with Crippen molar-refractivity contribution in [1.82, 2.24) is 10.0 Å². The third-order valence-electron chi connectivity index (χ3n) is 4.25. The maximum absolute atomic E-state index is 12.3. The molecule has 0 bridgehead atoms. The lowest BCUT2D eigenvalue weighted by atomic mass is 10.1. The molecule has 1 fully saturated rings. The normalized spacial score (nSPS) is 16.1. The van der Waals surface area contributed by atoms with Gasteiger partial charge in [-0.25, -0.2) is 17.9 Å². The molecule has 0 amide bonds. The number of carbonyl (C=O) groups is 1. The summed E-state index contributed by atoms with van der Waals surface area (Å²) in [5.41, 5.74) is 0. The topological polar surface area (TPSA) is 97.6 Å². The first-order valence-corrected chi connectivity index (χ1v) is 9.84. The standard InChI is InChI=1S/C16H26N2O5S.ClH/c1-12-15(11-14(23-12)16(19)22-2)24(20,21)18-10-9-17-13-7-5-3-4-6-8-13;/h11,13,17-18H,3-10H2,1-2H3;1H. The van der Waals surface area contributed by atoms with Gasteiger partial charge in [0.05, 0.1) is 7.11 Å². The van der Waals surface area contributed by atoms with Gasteiger partial charge in [-0.1, -0.05) is 25.7 Å². The van der Waals surface area contributed by atoms with Gasteiger partial charge in [0.1, 0.15) is 10.7 Å². The second kappa shape index (κ2) is 10.2. The molecule has 0 aromatic carbocycles. The van der Waals surface area contributed by atoms with Crippen molar-refractivity contribution in [2.75, 3.05) is 20.2 Å². The van der Waals surface area contributed by atoms with Gasteiger partial charge in [0.25, 0.3) is 0 Å². The molecule has 0 radical (unpaired) electrons. The lowest BCUT2D eigenvalue weighted by Crippen LogP contribution is -2.36. The highest BCUT2D eigenvalue weighted by atomic mass is 35.5. The molecule has 1 saturated carbocycles. The number of sulfonamides is 1. The third-order valence-corrected chi connectivity index (χ3v) is 5.82. The van der Waals surface area contributed by atoms with Crippen molar-refractivity contribution in [3.05, 3.63) is 17.6 Å². The smallest absolute Gasteiger partial charge is 0.373 e. The number of rotatable bonds is 7. The van der Waals surface area contributed by atoms with E-state index in [4.69, 9.17) is 4.42 Å². The van der Waals surface area contributed by atoms with Crippen LogP contribution >= 0.6 is 12.4 Å². The maximum Gasteiger partial charge on any atom is 0.373 e. The summed E-state index contributed by atoms with van der Waals surface area (Å²) in [5.74, 6) is -0.652. The summed E-state index contributed by atoms with van der Waals surface area (Å²) in [4.78, 5) is 11.4. The van der Waals surface area contributed by atoms with Crippen LogP contribution in [0.3, 0.4) is 0 Å². The second-order valence-electron chi connectivity index (χ2n) is 6.06. The molecule has 1 aliphatic rings. The van der Waals surface area contributed by atoms with E-state index in [-0.39, 0.29) is 35.4 Å². The minimum atomic E-state index is -3.71. The van der Waals surface area contributed by atoms with Crippen LogP contribution in [0, 0.1) is 6.92 Å². The van der Waals surface area contributed by atoms with Gasteiger partial charge in [-0.15, -0.1) is 12.4 Å². The molecule has 1 aromatic rings. The van der Waals surface area contributed by atoms with E-state index in [2.05, 4.69) is 14.8 Å². The van der Waals surface area contributed by atoms with Crippen LogP contribution in [-0.4, -0.2) is 40.6 Å². The largest absolute Gasteiger partial charge is 0.463 e. The summed E-state index contributed by atoms with van der Waals surface area (Å²) < 4.78 is 36.9. The lowest BCUT2D eigenvalue weighted by molar-refractivity contribution is 0.0563. The van der Waals surface area contributed by atoms with Gasteiger partial charge in [-0.05, 0) is 19.8 Å². The second-order valence-corrected chi connectivity index (χ2v) is 7.80. The molecule has 2 rings (SSSR count). The number of esters is 1. The highest BCUT2D eigenvalue weighted by Gasteiger charge is 2.24. The van der Waals surface area contributed by atoms with Crippen molar-refractivity contribution in [2.45, 2.75) is 56.4 Å². The molecule has 0 saturated heterocycles. The van der Waals surface area contributed by atoms with Crippen molar-refractivity contribution >= 4 is 28.4 Å². The van der Waals surface area contributed by atoms with Gasteiger partial charge in [0.2, 0.25) is 15.8 Å². The fourth-order valence-electron chi connectivity index (χ4n) is 2.96. The van der Waals surface area contributed by atoms with Crippen LogP contribution in [0.25, 0.3) is 0 Å². The number of aryl methyl sites for hydroxylation is 1. The van der Waals surface area contributed by atoms with Gasteiger partial charge in [0, 0.05) is 25.2 Å². The molecule has 1 heterocycles. The molecular formula is C16H27ClN2O5S. The number of ether oxygens (including phenoxy) is 1. The molecule has 0 unspecified atom stereocenters. The molecule has 9 heteroatoms. The Morgan fingerprint density at radius 3 is 2.48 bits per heavy atom. The van der Waals surface area contributed by atoms with Gasteiger partial charge < -0.3 is 14.5 Å². The zero-order valence-electron chi connectivity index (χ0n) is 14.7. The van der Waals surface area contributed by atoms with E-state index in [0.29, 0.717) is 12.6 Å². The Labute approximate surface area is 155 Å². The van der Waals surface area contributed by atoms with Crippen LogP contribution in [0.2, 0.25) is 0 Å². The summed E-state index contributed by atoms with van der Waals surface area (Å²) in [6.07, 6.45) is 7.33. The molecule has 1 aromatic heterocycles. The Hall–Kier alpha value is -1.09. The van der Waals surface area contributed by atoms with Crippen LogP contribution in [-0.2, 0) is 14.8 Å². The van der Waals surface area contributed by atoms with E-state index in [1.165, 1.54) is 45.8 Å². The van der Waals surface area contributed by atoms with Crippen LogP contribution in [0.1, 0.15) is 54.8 Å². The number of halogens is 1. The van der Waals surface area contributed by atoms with Crippen molar-refractivity contribution in [3.8, 4) is 0 Å². The molecule has 7 nitrogen and oxygen atoms in total. The predicted molar refractivity (Wildman–Crippen MR) is 96.7 cm³/mol. The maximum atomic E-state index is 12.3. The first-order valence-electron chi connectivity index (χ1n) is 8.36. The molecule has 0 atom stereocenters. The summed E-state index contributed by atoms with van der Waals surface area (Å²) in [6.45, 7) is 2.37. The number of carbonyl (C=O) groups excluding carboxylic acids is 1. The number of nitrogens with one attached hydrogen (secondary N) is 2. The van der Waals surface area contributed by atoms with E-state index in [9.17, 15) is 13.2 Å². The molecule has 0 spiro atoms. The first-order chi connectivity index (χ1) is 11.4. The average molecular weight is 395 g/mol. The van der Waals surface area contributed by atoms with Crippen molar-refractivity contribution in [2.24, 2.45) is 0 Å². The highest BCUT2D eigenvalue weighted by Crippen LogP contribution is 2.20. The van der Waals surface area contributed by atoms with Gasteiger partial charge >= 0.3 is 5.97 Å². The molecule has 2 N–H and O–H groups in total. The number of methoxy groups -OCH3 is 1. The average Bonchev–Trinajstić information content (AvgIpc) is 2.78. The summed E-state index contributed by atoms with van der Waals surface area (Å²) in [7, 11) is -2.50. The van der Waals surface area contributed by atoms with E-state index in [1.807, 2.05) is 0 Å². The molecule has 0 aliphatic heterocycles. The number of hydrogen-bond acceptors (Lipinski definition) is 6. The predicted octanol–water partition coefficient (Wildman–Crippen LogP) is 2.39. The Morgan fingerprint density at radius 2 is 1.88 bits per heavy atom. The zero-order valence-corrected chi connectivity index (χ0v) is 16.3. The summed E-state index contributed by atoms with van der Waals surface area (Å²) in [5, 5.41) is 3.41. The van der Waals surface area contributed by atoms with E-state index >= 15 is 0 Å². The van der Waals surface area contributed by atoms with E-state index in [1.54, 1.807) is 0 Å². The van der Waals surface area contributed by atoms with Gasteiger partial charge in [0.15, 0.2) is 0 Å². The minimum absolute atomic E-state index is 0. The molecule has 25 heavy (non-hydrogen) atoms. The lowest BCUT2D eigenvalue weighted by Gasteiger charge is -2.16. The Morgan fingerprint density at radius 1 is 1.24 bits per heavy atom. The Balaban J connectivity index is 0.00000312. The fourth-order valence-corrected chi connectivity index (χ4v) is 4.16. The minimum Gasteiger partial charge on any atom is -0.463 e. The van der Waals surface area contributed by atoms with E-state index in [0.717, 1.165) is 12.8 Å². The Kier molecular flexibility index (Phi) is 8.92. The van der Waals surface area contributed by atoms with Gasteiger partial charge in [-0.3, -0.25) is 0 Å². The quantitative estimate of drug-likeness (QED) is 0.418. The summed E-state index contributed by atoms with van der Waals surface area (Å²) >= 11 is 0. The molecule has 144 valence electrons. The molecule has 1 aliphatic carbocycles. The zero-order chi connectivity index (χ0) is 17.6. The number of hydrogen-bond donors (Lipinski definition) is 2. The van der Waals surface area contributed by atoms with Crippen molar-refractivity contribution in [3.63, 3.8) is 0 Å². The van der Waals surface area contributed by atoms with Gasteiger partial charge in [-0.2, -0.15) is 0 Å². The Bertz CT molecular complexity index is 651. The SMILES string of the molecule is COC(=O)c1cc(S(=O)(=O)NCCNC2CCCCCC2)c(C)o1.Cl. The summed E-state index contributed by atoms with van der Waals surface area (Å²) in [6, 6.07) is 1.67.